The fourth-order valence-electron chi connectivity index (χ4n) is 4.27. The van der Waals surface area contributed by atoms with Gasteiger partial charge in [0, 0.05) is 12.2 Å². The number of imide groups is 1. The molecule has 2 atom stereocenters. The fourth-order valence-corrected chi connectivity index (χ4v) is 4.27. The maximum Gasteiger partial charge on any atom is 0.254 e. The van der Waals surface area contributed by atoms with Crippen LogP contribution in [0.25, 0.3) is 0 Å². The molecule has 0 unspecified atom stereocenters. The molecule has 3 heteroatoms. The van der Waals surface area contributed by atoms with E-state index in [-0.39, 0.29) is 17.9 Å². The zero-order valence-electron chi connectivity index (χ0n) is 15.1. The SMILES string of the molecule is CC(C)Cc1cccc2c1[C@@H](N1C(=O)C=CC1=O)C[C@@H]2CC(C)C. The monoisotopic (exact) mass is 325 g/mol. The zero-order valence-corrected chi connectivity index (χ0v) is 15.1. The van der Waals surface area contributed by atoms with Gasteiger partial charge in [-0.1, -0.05) is 45.9 Å². The van der Waals surface area contributed by atoms with Crippen molar-refractivity contribution in [1.29, 1.82) is 0 Å². The van der Waals surface area contributed by atoms with Crippen LogP contribution in [0.4, 0.5) is 0 Å². The first-order chi connectivity index (χ1) is 11.4. The van der Waals surface area contributed by atoms with Gasteiger partial charge in [-0.2, -0.15) is 0 Å². The molecular formula is C21H27NO2. The molecule has 1 aromatic carbocycles. The van der Waals surface area contributed by atoms with E-state index in [1.54, 1.807) is 0 Å². The minimum Gasteiger partial charge on any atom is -0.269 e. The van der Waals surface area contributed by atoms with Crippen LogP contribution >= 0.6 is 0 Å². The number of rotatable bonds is 5. The number of amides is 2. The molecule has 0 fully saturated rings. The Morgan fingerprint density at radius 3 is 2.29 bits per heavy atom. The average molecular weight is 325 g/mol. The number of carbonyl (C=O) groups is 2. The molecule has 0 bridgehead atoms. The summed E-state index contributed by atoms with van der Waals surface area (Å²) in [6, 6.07) is 6.40. The van der Waals surface area contributed by atoms with E-state index in [4.69, 9.17) is 0 Å². The van der Waals surface area contributed by atoms with Crippen LogP contribution in [0.5, 0.6) is 0 Å². The summed E-state index contributed by atoms with van der Waals surface area (Å²) in [7, 11) is 0. The first kappa shape index (κ1) is 16.9. The van der Waals surface area contributed by atoms with Crippen molar-refractivity contribution in [3.63, 3.8) is 0 Å². The maximum atomic E-state index is 12.3. The van der Waals surface area contributed by atoms with E-state index in [0.29, 0.717) is 17.8 Å². The predicted molar refractivity (Wildman–Crippen MR) is 95.5 cm³/mol. The highest BCUT2D eigenvalue weighted by atomic mass is 16.2. The van der Waals surface area contributed by atoms with Gasteiger partial charge in [0.1, 0.15) is 0 Å². The lowest BCUT2D eigenvalue weighted by molar-refractivity contribution is -0.139. The summed E-state index contributed by atoms with van der Waals surface area (Å²) in [5, 5.41) is 0. The fraction of sp³-hybridized carbons (Fsp3) is 0.524. The second kappa shape index (κ2) is 6.54. The summed E-state index contributed by atoms with van der Waals surface area (Å²) in [6.07, 6.45) is 5.75. The number of fused-ring (bicyclic) bond motifs is 1. The topological polar surface area (TPSA) is 37.4 Å². The third-order valence-electron chi connectivity index (χ3n) is 5.05. The lowest BCUT2D eigenvalue weighted by atomic mass is 9.90. The second-order valence-corrected chi connectivity index (χ2v) is 7.98. The molecule has 24 heavy (non-hydrogen) atoms. The number of hydrogen-bond acceptors (Lipinski definition) is 2. The third kappa shape index (κ3) is 3.04. The van der Waals surface area contributed by atoms with Gasteiger partial charge in [-0.3, -0.25) is 14.5 Å². The zero-order chi connectivity index (χ0) is 17.4. The molecule has 2 amide bonds. The molecule has 0 saturated heterocycles. The highest BCUT2D eigenvalue weighted by molar-refractivity contribution is 6.13. The molecule has 0 saturated carbocycles. The Morgan fingerprint density at radius 1 is 1.04 bits per heavy atom. The first-order valence-corrected chi connectivity index (χ1v) is 9.05. The Bertz CT molecular complexity index is 669. The summed E-state index contributed by atoms with van der Waals surface area (Å²) in [6.45, 7) is 8.89. The van der Waals surface area contributed by atoms with Crippen LogP contribution in [-0.4, -0.2) is 16.7 Å². The first-order valence-electron chi connectivity index (χ1n) is 9.05. The molecule has 0 N–H and O–H groups in total. The van der Waals surface area contributed by atoms with Gasteiger partial charge in [-0.15, -0.1) is 0 Å². The van der Waals surface area contributed by atoms with Crippen molar-refractivity contribution in [1.82, 2.24) is 4.90 Å². The van der Waals surface area contributed by atoms with Crippen LogP contribution in [0.1, 0.15) is 69.2 Å². The van der Waals surface area contributed by atoms with Crippen molar-refractivity contribution >= 4 is 11.8 Å². The Labute approximate surface area is 144 Å². The van der Waals surface area contributed by atoms with Gasteiger partial charge in [0.25, 0.3) is 11.8 Å². The summed E-state index contributed by atoms with van der Waals surface area (Å²) in [5.74, 6) is 1.24. The van der Waals surface area contributed by atoms with Crippen molar-refractivity contribution in [2.45, 2.75) is 58.9 Å². The minimum absolute atomic E-state index is 0.103. The van der Waals surface area contributed by atoms with Crippen molar-refractivity contribution in [2.75, 3.05) is 0 Å². The number of hydrogen-bond donors (Lipinski definition) is 0. The van der Waals surface area contributed by atoms with E-state index >= 15 is 0 Å². The van der Waals surface area contributed by atoms with E-state index in [1.165, 1.54) is 33.7 Å². The largest absolute Gasteiger partial charge is 0.269 e. The highest BCUT2D eigenvalue weighted by Crippen LogP contribution is 2.48. The van der Waals surface area contributed by atoms with Gasteiger partial charge in [-0.25, -0.2) is 0 Å². The van der Waals surface area contributed by atoms with Gasteiger partial charge in [0.15, 0.2) is 0 Å². The van der Waals surface area contributed by atoms with Gasteiger partial charge in [0.2, 0.25) is 0 Å². The summed E-state index contributed by atoms with van der Waals surface area (Å²) in [5.41, 5.74) is 3.88. The van der Waals surface area contributed by atoms with E-state index in [9.17, 15) is 9.59 Å². The third-order valence-corrected chi connectivity index (χ3v) is 5.05. The van der Waals surface area contributed by atoms with Crippen LogP contribution < -0.4 is 0 Å². The Hall–Kier alpha value is -1.90. The summed E-state index contributed by atoms with van der Waals surface area (Å²) in [4.78, 5) is 26.0. The highest BCUT2D eigenvalue weighted by Gasteiger charge is 2.41. The molecule has 0 aromatic heterocycles. The van der Waals surface area contributed by atoms with Crippen molar-refractivity contribution in [3.8, 4) is 0 Å². The van der Waals surface area contributed by atoms with Crippen LogP contribution in [0, 0.1) is 11.8 Å². The molecule has 3 rings (SSSR count). The molecule has 0 radical (unpaired) electrons. The Morgan fingerprint density at radius 2 is 1.71 bits per heavy atom. The number of carbonyl (C=O) groups excluding carboxylic acids is 2. The number of nitrogens with zero attached hydrogens (tertiary/aromatic N) is 1. The molecule has 1 heterocycles. The van der Waals surface area contributed by atoms with Crippen molar-refractivity contribution < 1.29 is 9.59 Å². The number of benzene rings is 1. The van der Waals surface area contributed by atoms with Crippen LogP contribution in [0.2, 0.25) is 0 Å². The second-order valence-electron chi connectivity index (χ2n) is 7.98. The molecular weight excluding hydrogens is 298 g/mol. The molecule has 128 valence electrons. The van der Waals surface area contributed by atoms with Crippen LogP contribution in [-0.2, 0) is 16.0 Å². The molecule has 3 nitrogen and oxygen atoms in total. The minimum atomic E-state index is -0.166. The van der Waals surface area contributed by atoms with E-state index in [1.807, 2.05) is 0 Å². The van der Waals surface area contributed by atoms with Gasteiger partial charge in [0.05, 0.1) is 6.04 Å². The Balaban J connectivity index is 2.04. The Kier molecular flexibility index (Phi) is 4.62. The standard InChI is InChI=1S/C21H27NO2/c1-13(2)10-15-6-5-7-17-16(11-14(3)4)12-18(21(15)17)22-19(23)8-9-20(22)24/h5-9,13-14,16,18H,10-12H2,1-4H3/t16-,18-/m0/s1. The van der Waals surface area contributed by atoms with Gasteiger partial charge < -0.3 is 0 Å². The van der Waals surface area contributed by atoms with Gasteiger partial charge in [-0.05, 0) is 53.7 Å². The lowest BCUT2D eigenvalue weighted by Crippen LogP contribution is -2.33. The smallest absolute Gasteiger partial charge is 0.254 e. The maximum absolute atomic E-state index is 12.3. The van der Waals surface area contributed by atoms with Crippen LogP contribution in [0.15, 0.2) is 30.4 Å². The molecule has 1 aliphatic carbocycles. The normalized spacial score (nSPS) is 23.0. The predicted octanol–water partition coefficient (Wildman–Crippen LogP) is 4.38. The van der Waals surface area contributed by atoms with Gasteiger partial charge >= 0.3 is 0 Å². The molecule has 0 spiro atoms. The molecule has 1 aliphatic heterocycles. The average Bonchev–Trinajstić information content (AvgIpc) is 3.00. The van der Waals surface area contributed by atoms with E-state index in [0.717, 1.165) is 19.3 Å². The van der Waals surface area contributed by atoms with Crippen molar-refractivity contribution in [3.05, 3.63) is 47.0 Å². The lowest BCUT2D eigenvalue weighted by Gasteiger charge is -2.25. The van der Waals surface area contributed by atoms with Crippen molar-refractivity contribution in [2.24, 2.45) is 11.8 Å². The molecule has 2 aliphatic rings. The van der Waals surface area contributed by atoms with E-state index < -0.39 is 0 Å². The quantitative estimate of drug-likeness (QED) is 0.753. The van der Waals surface area contributed by atoms with E-state index in [2.05, 4.69) is 45.9 Å². The van der Waals surface area contributed by atoms with Crippen LogP contribution in [0.3, 0.4) is 0 Å². The summed E-state index contributed by atoms with van der Waals surface area (Å²) >= 11 is 0. The summed E-state index contributed by atoms with van der Waals surface area (Å²) < 4.78 is 0. The molecule has 1 aromatic rings.